The number of hydrogen-bond donors (Lipinski definition) is 1. The Morgan fingerprint density at radius 2 is 1.90 bits per heavy atom. The van der Waals surface area contributed by atoms with Gasteiger partial charge in [-0.1, -0.05) is 36.4 Å². The number of amides is 1. The number of hydrogen-bond acceptors (Lipinski definition) is 2. The van der Waals surface area contributed by atoms with E-state index < -0.39 is 5.97 Å². The zero-order chi connectivity index (χ0) is 14.8. The van der Waals surface area contributed by atoms with Crippen LogP contribution in [-0.2, 0) is 4.79 Å². The lowest BCUT2D eigenvalue weighted by atomic mass is 10.0. The van der Waals surface area contributed by atoms with E-state index in [1.165, 1.54) is 0 Å². The average Bonchev–Trinajstić information content (AvgIpc) is 2.93. The number of rotatable bonds is 3. The zero-order valence-electron chi connectivity index (χ0n) is 11.7. The number of carboxylic acid groups (broad SMARTS) is 1. The van der Waals surface area contributed by atoms with Crippen molar-refractivity contribution in [3.8, 4) is 0 Å². The lowest BCUT2D eigenvalue weighted by molar-refractivity contribution is -0.138. The van der Waals surface area contributed by atoms with Crippen LogP contribution in [0.3, 0.4) is 0 Å². The molecule has 21 heavy (non-hydrogen) atoms. The molecule has 0 bridgehead atoms. The number of carboxylic acids is 1. The Labute approximate surface area is 123 Å². The molecule has 1 saturated heterocycles. The monoisotopic (exact) mass is 283 g/mol. The summed E-state index contributed by atoms with van der Waals surface area (Å²) < 4.78 is 0. The van der Waals surface area contributed by atoms with Gasteiger partial charge in [0, 0.05) is 25.1 Å². The first-order valence-electron chi connectivity index (χ1n) is 7.14. The highest BCUT2D eigenvalue weighted by molar-refractivity contribution is 6.07. The van der Waals surface area contributed by atoms with Crippen LogP contribution in [0.15, 0.2) is 42.5 Å². The van der Waals surface area contributed by atoms with Gasteiger partial charge in [0.1, 0.15) is 0 Å². The highest BCUT2D eigenvalue weighted by Crippen LogP contribution is 2.25. The van der Waals surface area contributed by atoms with Gasteiger partial charge >= 0.3 is 5.97 Å². The molecule has 0 spiro atoms. The number of nitrogens with zero attached hydrogens (tertiary/aromatic N) is 1. The van der Waals surface area contributed by atoms with Crippen LogP contribution in [0.4, 0.5) is 0 Å². The molecule has 2 aromatic rings. The number of carbonyl (C=O) groups is 2. The Bertz CT molecular complexity index is 690. The maximum Gasteiger partial charge on any atom is 0.303 e. The van der Waals surface area contributed by atoms with Crippen LogP contribution in [0, 0.1) is 5.92 Å². The Balaban J connectivity index is 1.83. The van der Waals surface area contributed by atoms with E-state index in [9.17, 15) is 9.59 Å². The fraction of sp³-hybridized carbons (Fsp3) is 0.294. The molecule has 3 rings (SSSR count). The minimum absolute atomic E-state index is 0.000288. The summed E-state index contributed by atoms with van der Waals surface area (Å²) in [5, 5.41) is 10.9. The van der Waals surface area contributed by atoms with Crippen LogP contribution in [0.1, 0.15) is 23.2 Å². The van der Waals surface area contributed by atoms with Crippen molar-refractivity contribution in [1.29, 1.82) is 0 Å². The van der Waals surface area contributed by atoms with Gasteiger partial charge in [-0.15, -0.1) is 0 Å². The van der Waals surface area contributed by atoms with Crippen molar-refractivity contribution in [2.24, 2.45) is 5.92 Å². The Morgan fingerprint density at radius 1 is 1.14 bits per heavy atom. The van der Waals surface area contributed by atoms with Crippen molar-refractivity contribution in [1.82, 2.24) is 4.90 Å². The predicted molar refractivity (Wildman–Crippen MR) is 80.2 cm³/mol. The van der Waals surface area contributed by atoms with Crippen molar-refractivity contribution in [3.05, 3.63) is 48.0 Å². The van der Waals surface area contributed by atoms with Crippen LogP contribution in [-0.4, -0.2) is 35.0 Å². The third kappa shape index (κ3) is 2.75. The molecule has 4 nitrogen and oxygen atoms in total. The van der Waals surface area contributed by atoms with Crippen molar-refractivity contribution in [2.75, 3.05) is 13.1 Å². The summed E-state index contributed by atoms with van der Waals surface area (Å²) in [5.74, 6) is -0.722. The van der Waals surface area contributed by atoms with Crippen molar-refractivity contribution >= 4 is 22.6 Å². The molecule has 0 radical (unpaired) electrons. The summed E-state index contributed by atoms with van der Waals surface area (Å²) in [5.41, 5.74) is 0.698. The Morgan fingerprint density at radius 3 is 2.71 bits per heavy atom. The molecular formula is C17H17NO3. The van der Waals surface area contributed by atoms with Gasteiger partial charge in [-0.3, -0.25) is 9.59 Å². The van der Waals surface area contributed by atoms with Crippen LogP contribution >= 0.6 is 0 Å². The maximum atomic E-state index is 12.7. The van der Waals surface area contributed by atoms with Gasteiger partial charge in [0.25, 0.3) is 5.91 Å². The van der Waals surface area contributed by atoms with Crippen LogP contribution in [0.5, 0.6) is 0 Å². The molecule has 2 aromatic carbocycles. The first-order valence-corrected chi connectivity index (χ1v) is 7.14. The molecule has 0 aromatic heterocycles. The summed E-state index contributed by atoms with van der Waals surface area (Å²) in [6, 6.07) is 13.5. The van der Waals surface area contributed by atoms with Crippen molar-refractivity contribution in [2.45, 2.75) is 12.8 Å². The smallest absolute Gasteiger partial charge is 0.303 e. The van der Waals surface area contributed by atoms with Gasteiger partial charge in [-0.25, -0.2) is 0 Å². The lowest BCUT2D eigenvalue weighted by Gasteiger charge is -2.17. The fourth-order valence-corrected chi connectivity index (χ4v) is 3.01. The molecule has 4 heteroatoms. The first-order chi connectivity index (χ1) is 10.1. The van der Waals surface area contributed by atoms with E-state index in [4.69, 9.17) is 5.11 Å². The SMILES string of the molecule is O=C(O)CC1CCN(C(=O)c2cccc3ccccc23)C1. The number of likely N-dealkylation sites (tertiary alicyclic amines) is 1. The Hall–Kier alpha value is -2.36. The number of aliphatic carboxylic acids is 1. The van der Waals surface area contributed by atoms with Gasteiger partial charge in [0.15, 0.2) is 0 Å². The highest BCUT2D eigenvalue weighted by atomic mass is 16.4. The molecule has 1 aliphatic rings. The van der Waals surface area contributed by atoms with Gasteiger partial charge in [0.05, 0.1) is 0 Å². The third-order valence-electron chi connectivity index (χ3n) is 4.06. The molecule has 1 atom stereocenters. The van der Waals surface area contributed by atoms with E-state index in [1.54, 1.807) is 4.90 Å². The Kier molecular flexibility index (Phi) is 3.60. The van der Waals surface area contributed by atoms with E-state index in [2.05, 4.69) is 0 Å². The third-order valence-corrected chi connectivity index (χ3v) is 4.06. The quantitative estimate of drug-likeness (QED) is 0.942. The molecule has 1 aliphatic heterocycles. The topological polar surface area (TPSA) is 57.6 Å². The van der Waals surface area contributed by atoms with E-state index in [0.29, 0.717) is 18.7 Å². The summed E-state index contributed by atoms with van der Waals surface area (Å²) in [7, 11) is 0. The van der Waals surface area contributed by atoms with Gasteiger partial charge in [0.2, 0.25) is 0 Å². The van der Waals surface area contributed by atoms with Crippen LogP contribution < -0.4 is 0 Å². The second kappa shape index (κ2) is 5.56. The molecule has 0 aliphatic carbocycles. The summed E-state index contributed by atoms with van der Waals surface area (Å²) >= 11 is 0. The standard InChI is InChI=1S/C17H17NO3/c19-16(20)10-12-8-9-18(11-12)17(21)15-7-3-5-13-4-1-2-6-14(13)15/h1-7,12H,8-11H2,(H,19,20). The van der Waals surface area contributed by atoms with E-state index >= 15 is 0 Å². The molecule has 1 N–H and O–H groups in total. The van der Waals surface area contributed by atoms with Crippen molar-refractivity contribution in [3.63, 3.8) is 0 Å². The first kappa shape index (κ1) is 13.6. The summed E-state index contributed by atoms with van der Waals surface area (Å²) in [6.45, 7) is 1.17. The molecule has 1 unspecified atom stereocenters. The number of fused-ring (bicyclic) bond motifs is 1. The minimum atomic E-state index is -0.792. The van der Waals surface area contributed by atoms with Gasteiger partial charge in [-0.2, -0.15) is 0 Å². The highest BCUT2D eigenvalue weighted by Gasteiger charge is 2.28. The van der Waals surface area contributed by atoms with Crippen LogP contribution in [0.2, 0.25) is 0 Å². The molecular weight excluding hydrogens is 266 g/mol. The molecule has 1 heterocycles. The fourth-order valence-electron chi connectivity index (χ4n) is 3.01. The van der Waals surface area contributed by atoms with Crippen LogP contribution in [0.25, 0.3) is 10.8 Å². The van der Waals surface area contributed by atoms with Gasteiger partial charge in [-0.05, 0) is 29.2 Å². The predicted octanol–water partition coefficient (Wildman–Crippen LogP) is 2.78. The number of carbonyl (C=O) groups excluding carboxylic acids is 1. The molecule has 108 valence electrons. The normalized spacial score (nSPS) is 18.1. The average molecular weight is 283 g/mol. The summed E-state index contributed by atoms with van der Waals surface area (Å²) in [6.07, 6.45) is 0.905. The largest absolute Gasteiger partial charge is 0.481 e. The molecule has 1 amide bonds. The molecule has 1 fully saturated rings. The van der Waals surface area contributed by atoms with Gasteiger partial charge < -0.3 is 10.0 Å². The second-order valence-corrected chi connectivity index (χ2v) is 5.53. The second-order valence-electron chi connectivity index (χ2n) is 5.53. The molecule has 0 saturated carbocycles. The van der Waals surface area contributed by atoms with Crippen molar-refractivity contribution < 1.29 is 14.7 Å². The minimum Gasteiger partial charge on any atom is -0.481 e. The number of benzene rings is 2. The zero-order valence-corrected chi connectivity index (χ0v) is 11.7. The van der Waals surface area contributed by atoms with E-state index in [0.717, 1.165) is 17.2 Å². The lowest BCUT2D eigenvalue weighted by Crippen LogP contribution is -2.29. The summed E-state index contributed by atoms with van der Waals surface area (Å²) in [4.78, 5) is 25.2. The van der Waals surface area contributed by atoms with E-state index in [1.807, 2.05) is 42.5 Å². The maximum absolute atomic E-state index is 12.7. The van der Waals surface area contributed by atoms with E-state index in [-0.39, 0.29) is 18.2 Å².